The molecule has 0 spiro atoms. The van der Waals surface area contributed by atoms with Crippen molar-refractivity contribution in [2.75, 3.05) is 12.3 Å². The summed E-state index contributed by atoms with van der Waals surface area (Å²) >= 11 is 3.45. The fraction of sp³-hybridized carbons (Fsp3) is 0.125. The average molecular weight is 362 g/mol. The number of halogens is 1. The second-order valence-electron chi connectivity index (χ2n) is 4.64. The summed E-state index contributed by atoms with van der Waals surface area (Å²) in [6.45, 7) is 0.423. The highest BCUT2D eigenvalue weighted by Gasteiger charge is 2.12. The summed E-state index contributed by atoms with van der Waals surface area (Å²) in [6.07, 6.45) is 0.663. The number of nitrogen functional groups attached to an aromatic ring is 1. The molecular formula is C16H16BrN3O2. The van der Waals surface area contributed by atoms with E-state index in [2.05, 4.69) is 26.6 Å². The van der Waals surface area contributed by atoms with Gasteiger partial charge in [0.15, 0.2) is 0 Å². The van der Waals surface area contributed by atoms with Crippen LogP contribution >= 0.6 is 15.9 Å². The summed E-state index contributed by atoms with van der Waals surface area (Å²) in [5, 5.41) is 4.90. The maximum Gasteiger partial charge on any atom is 0.321 e. The molecule has 2 rings (SSSR count). The third-order valence-electron chi connectivity index (χ3n) is 3.07. The van der Waals surface area contributed by atoms with Crippen LogP contribution in [0.5, 0.6) is 0 Å². The number of carbonyl (C=O) groups excluding carboxylic acids is 2. The molecule has 2 aromatic rings. The lowest BCUT2D eigenvalue weighted by atomic mass is 10.1. The van der Waals surface area contributed by atoms with Gasteiger partial charge in [-0.15, -0.1) is 0 Å². The first kappa shape index (κ1) is 16.0. The van der Waals surface area contributed by atoms with Crippen molar-refractivity contribution in [2.24, 2.45) is 0 Å². The first-order chi connectivity index (χ1) is 10.6. The minimum atomic E-state index is -0.541. The Morgan fingerprint density at radius 2 is 1.73 bits per heavy atom. The molecule has 3 amide bonds. The third kappa shape index (κ3) is 4.33. The molecule has 0 bridgehead atoms. The van der Waals surface area contributed by atoms with Gasteiger partial charge in [0, 0.05) is 16.7 Å². The second kappa shape index (κ2) is 7.61. The van der Waals surface area contributed by atoms with Gasteiger partial charge in [0.25, 0.3) is 5.91 Å². The molecule has 0 saturated carbocycles. The van der Waals surface area contributed by atoms with Crippen LogP contribution in [0.2, 0.25) is 0 Å². The van der Waals surface area contributed by atoms with E-state index in [4.69, 9.17) is 5.73 Å². The van der Waals surface area contributed by atoms with Crippen LogP contribution in [0, 0.1) is 0 Å². The SMILES string of the molecule is Nc1ccccc1C(=O)NC(=O)NCCc1ccccc1Br. The zero-order chi connectivity index (χ0) is 15.9. The molecule has 0 aliphatic rings. The van der Waals surface area contributed by atoms with Crippen molar-refractivity contribution in [3.63, 3.8) is 0 Å². The van der Waals surface area contributed by atoms with Gasteiger partial charge in [0.05, 0.1) is 5.56 Å². The molecule has 0 radical (unpaired) electrons. The zero-order valence-corrected chi connectivity index (χ0v) is 13.4. The smallest absolute Gasteiger partial charge is 0.321 e. The Balaban J connectivity index is 1.82. The van der Waals surface area contributed by atoms with Crippen LogP contribution in [0.15, 0.2) is 53.0 Å². The van der Waals surface area contributed by atoms with Crippen LogP contribution in [-0.4, -0.2) is 18.5 Å². The summed E-state index contributed by atoms with van der Waals surface area (Å²) in [7, 11) is 0. The standard InChI is InChI=1S/C16H16BrN3O2/c17-13-7-3-1-5-11(13)9-10-19-16(22)20-15(21)12-6-2-4-8-14(12)18/h1-8H,9-10,18H2,(H2,19,20,21,22). The van der Waals surface area contributed by atoms with Gasteiger partial charge in [-0.25, -0.2) is 4.79 Å². The van der Waals surface area contributed by atoms with Crippen LogP contribution in [0.3, 0.4) is 0 Å². The van der Waals surface area contributed by atoms with Crippen LogP contribution in [-0.2, 0) is 6.42 Å². The highest BCUT2D eigenvalue weighted by atomic mass is 79.9. The van der Waals surface area contributed by atoms with Crippen molar-refractivity contribution in [3.05, 3.63) is 64.1 Å². The van der Waals surface area contributed by atoms with Crippen molar-refractivity contribution in [2.45, 2.75) is 6.42 Å². The monoisotopic (exact) mass is 361 g/mol. The molecule has 114 valence electrons. The van der Waals surface area contributed by atoms with Crippen LogP contribution in [0.1, 0.15) is 15.9 Å². The first-order valence-electron chi connectivity index (χ1n) is 6.75. The number of imide groups is 1. The predicted molar refractivity (Wildman–Crippen MR) is 89.6 cm³/mol. The van der Waals surface area contributed by atoms with E-state index in [1.54, 1.807) is 24.3 Å². The second-order valence-corrected chi connectivity index (χ2v) is 5.49. The number of nitrogens with one attached hydrogen (secondary N) is 2. The van der Waals surface area contributed by atoms with Gasteiger partial charge in [-0.1, -0.05) is 46.3 Å². The third-order valence-corrected chi connectivity index (χ3v) is 3.84. The molecule has 0 aromatic heterocycles. The number of hydrogen-bond acceptors (Lipinski definition) is 3. The van der Waals surface area contributed by atoms with Crippen molar-refractivity contribution in [1.29, 1.82) is 0 Å². The minimum absolute atomic E-state index is 0.281. The van der Waals surface area contributed by atoms with Crippen molar-refractivity contribution in [3.8, 4) is 0 Å². The Hall–Kier alpha value is -2.34. The van der Waals surface area contributed by atoms with Gasteiger partial charge >= 0.3 is 6.03 Å². The summed E-state index contributed by atoms with van der Waals surface area (Å²) in [5.74, 6) is -0.517. The molecule has 22 heavy (non-hydrogen) atoms. The fourth-order valence-corrected chi connectivity index (χ4v) is 2.41. The van der Waals surface area contributed by atoms with E-state index in [1.165, 1.54) is 0 Å². The number of anilines is 1. The topological polar surface area (TPSA) is 84.2 Å². The van der Waals surface area contributed by atoms with Crippen LogP contribution in [0.4, 0.5) is 10.5 Å². The van der Waals surface area contributed by atoms with Crippen LogP contribution in [0.25, 0.3) is 0 Å². The quantitative estimate of drug-likeness (QED) is 0.732. The molecule has 6 heteroatoms. The van der Waals surface area contributed by atoms with E-state index in [1.807, 2.05) is 24.3 Å². The van der Waals surface area contributed by atoms with Gasteiger partial charge in [-0.3, -0.25) is 10.1 Å². The maximum absolute atomic E-state index is 11.9. The molecule has 0 aliphatic heterocycles. The van der Waals surface area contributed by atoms with Gasteiger partial charge in [0.2, 0.25) is 0 Å². The molecule has 2 aromatic carbocycles. The summed E-state index contributed by atoms with van der Waals surface area (Å²) < 4.78 is 0.991. The number of para-hydroxylation sites is 1. The summed E-state index contributed by atoms with van der Waals surface area (Å²) in [5.41, 5.74) is 7.39. The lowest BCUT2D eigenvalue weighted by molar-refractivity contribution is 0.0965. The molecule has 0 aliphatic carbocycles. The molecular weight excluding hydrogens is 346 g/mol. The molecule has 5 nitrogen and oxygen atoms in total. The van der Waals surface area contributed by atoms with Gasteiger partial charge in [0.1, 0.15) is 0 Å². The molecule has 0 unspecified atom stereocenters. The van der Waals surface area contributed by atoms with Gasteiger partial charge in [-0.2, -0.15) is 0 Å². The predicted octanol–water partition coefficient (Wildman–Crippen LogP) is 2.71. The molecule has 0 heterocycles. The summed E-state index contributed by atoms with van der Waals surface area (Å²) in [6, 6.07) is 13.8. The van der Waals surface area contributed by atoms with E-state index in [0.717, 1.165) is 10.0 Å². The Bertz CT molecular complexity index is 689. The maximum atomic E-state index is 11.9. The molecule has 4 N–H and O–H groups in total. The lowest BCUT2D eigenvalue weighted by Gasteiger charge is -2.09. The summed E-state index contributed by atoms with van der Waals surface area (Å²) in [4.78, 5) is 23.6. The first-order valence-corrected chi connectivity index (χ1v) is 7.54. The van der Waals surface area contributed by atoms with E-state index in [-0.39, 0.29) is 5.56 Å². The fourth-order valence-electron chi connectivity index (χ4n) is 1.93. The Morgan fingerprint density at radius 1 is 1.05 bits per heavy atom. The van der Waals surface area contributed by atoms with E-state index < -0.39 is 11.9 Å². The number of benzene rings is 2. The Kier molecular flexibility index (Phi) is 5.55. The number of amides is 3. The molecule has 0 saturated heterocycles. The van der Waals surface area contributed by atoms with E-state index >= 15 is 0 Å². The molecule has 0 atom stereocenters. The van der Waals surface area contributed by atoms with Crippen molar-refractivity contribution in [1.82, 2.24) is 10.6 Å². The Labute approximate surface area is 137 Å². The molecule has 0 fully saturated rings. The van der Waals surface area contributed by atoms with E-state index in [0.29, 0.717) is 18.7 Å². The number of rotatable bonds is 4. The lowest BCUT2D eigenvalue weighted by Crippen LogP contribution is -2.40. The van der Waals surface area contributed by atoms with Crippen LogP contribution < -0.4 is 16.4 Å². The van der Waals surface area contributed by atoms with Gasteiger partial charge < -0.3 is 11.1 Å². The van der Waals surface area contributed by atoms with Crippen molar-refractivity contribution >= 4 is 33.6 Å². The largest absolute Gasteiger partial charge is 0.398 e. The highest BCUT2D eigenvalue weighted by molar-refractivity contribution is 9.10. The highest BCUT2D eigenvalue weighted by Crippen LogP contribution is 2.15. The number of hydrogen-bond donors (Lipinski definition) is 3. The average Bonchev–Trinajstić information content (AvgIpc) is 2.49. The number of urea groups is 1. The zero-order valence-electron chi connectivity index (χ0n) is 11.8. The number of nitrogens with two attached hydrogens (primary N) is 1. The normalized spacial score (nSPS) is 10.0. The van der Waals surface area contributed by atoms with E-state index in [9.17, 15) is 9.59 Å². The van der Waals surface area contributed by atoms with Gasteiger partial charge in [-0.05, 0) is 30.2 Å². The Morgan fingerprint density at radius 3 is 2.45 bits per heavy atom. The minimum Gasteiger partial charge on any atom is -0.398 e. The van der Waals surface area contributed by atoms with Crippen molar-refractivity contribution < 1.29 is 9.59 Å². The number of carbonyl (C=O) groups is 2.